The maximum absolute atomic E-state index is 12.7. The number of amides is 1. The second-order valence-electron chi connectivity index (χ2n) is 6.58. The van der Waals surface area contributed by atoms with Gasteiger partial charge in [-0.05, 0) is 24.5 Å². The molecule has 5 heteroatoms. The van der Waals surface area contributed by atoms with Crippen molar-refractivity contribution in [2.75, 3.05) is 7.05 Å². The zero-order chi connectivity index (χ0) is 15.5. The van der Waals surface area contributed by atoms with E-state index in [-0.39, 0.29) is 17.7 Å². The van der Waals surface area contributed by atoms with Gasteiger partial charge in [0.25, 0.3) is 0 Å². The fraction of sp³-hybridized carbons (Fsp3) is 0.529. The molecule has 4 rings (SSSR count). The molecule has 0 aromatic heterocycles. The number of hydrogen-bond acceptors (Lipinski definition) is 3. The maximum Gasteiger partial charge on any atom is 0.316 e. The second-order valence-corrected chi connectivity index (χ2v) is 6.58. The van der Waals surface area contributed by atoms with Crippen LogP contribution in [0.15, 0.2) is 24.3 Å². The number of carboxylic acids is 1. The normalized spacial score (nSPS) is 36.1. The second kappa shape index (κ2) is 4.48. The summed E-state index contributed by atoms with van der Waals surface area (Å²) in [4.78, 5) is 26.1. The molecule has 1 saturated carbocycles. The van der Waals surface area contributed by atoms with E-state index < -0.39 is 17.6 Å². The molecule has 4 atom stereocenters. The number of para-hydroxylation sites is 1. The van der Waals surface area contributed by atoms with Crippen molar-refractivity contribution in [3.63, 3.8) is 0 Å². The van der Waals surface area contributed by atoms with Crippen LogP contribution in [0.3, 0.4) is 0 Å². The first kappa shape index (κ1) is 13.6. The van der Waals surface area contributed by atoms with Gasteiger partial charge in [0.05, 0.1) is 0 Å². The van der Waals surface area contributed by atoms with Crippen LogP contribution in [-0.4, -0.2) is 34.7 Å². The van der Waals surface area contributed by atoms with Crippen LogP contribution in [0.25, 0.3) is 0 Å². The Bertz CT molecular complexity index is 658. The molecule has 1 amide bonds. The fourth-order valence-corrected chi connectivity index (χ4v) is 4.70. The molecule has 2 heterocycles. The van der Waals surface area contributed by atoms with Gasteiger partial charge in [-0.25, -0.2) is 0 Å². The van der Waals surface area contributed by atoms with E-state index >= 15 is 0 Å². The first-order valence-electron chi connectivity index (χ1n) is 7.85. The number of benzene rings is 1. The van der Waals surface area contributed by atoms with Crippen LogP contribution in [0.1, 0.15) is 37.2 Å². The van der Waals surface area contributed by atoms with Crippen molar-refractivity contribution in [1.29, 1.82) is 0 Å². The monoisotopic (exact) mass is 301 g/mol. The summed E-state index contributed by atoms with van der Waals surface area (Å²) in [5, 5.41) is 9.66. The summed E-state index contributed by atoms with van der Waals surface area (Å²) in [6.07, 6.45) is 3.74. The van der Waals surface area contributed by atoms with Crippen molar-refractivity contribution in [3.05, 3.63) is 29.8 Å². The highest BCUT2D eigenvalue weighted by molar-refractivity contribution is 5.99. The molecule has 1 saturated heterocycles. The lowest BCUT2D eigenvalue weighted by Gasteiger charge is -2.59. The number of ether oxygens (including phenoxy) is 1. The van der Waals surface area contributed by atoms with Gasteiger partial charge < -0.3 is 14.7 Å². The van der Waals surface area contributed by atoms with E-state index in [1.807, 2.05) is 24.3 Å². The molecule has 116 valence electrons. The first-order valence-corrected chi connectivity index (χ1v) is 7.85. The van der Waals surface area contributed by atoms with Gasteiger partial charge in [-0.15, -0.1) is 0 Å². The summed E-state index contributed by atoms with van der Waals surface area (Å²) in [6, 6.07) is 7.58. The molecule has 1 aromatic carbocycles. The molecule has 5 nitrogen and oxygen atoms in total. The Morgan fingerprint density at radius 1 is 1.36 bits per heavy atom. The zero-order valence-electron chi connectivity index (χ0n) is 12.5. The number of carboxylic acid groups (broad SMARTS) is 1. The highest BCUT2D eigenvalue weighted by atomic mass is 16.5. The highest BCUT2D eigenvalue weighted by Gasteiger charge is 2.63. The van der Waals surface area contributed by atoms with E-state index in [4.69, 9.17) is 4.74 Å². The Morgan fingerprint density at radius 3 is 2.91 bits per heavy atom. The quantitative estimate of drug-likeness (QED) is 0.808. The van der Waals surface area contributed by atoms with Crippen molar-refractivity contribution >= 4 is 11.9 Å². The molecule has 2 fully saturated rings. The molecule has 0 unspecified atom stereocenters. The summed E-state index contributed by atoms with van der Waals surface area (Å²) in [6.45, 7) is 0. The number of fused-ring (bicyclic) bond motifs is 2. The van der Waals surface area contributed by atoms with E-state index in [9.17, 15) is 14.7 Å². The minimum Gasteiger partial charge on any atom is -0.481 e. The number of hydrogen-bond donors (Lipinski definition) is 1. The molecule has 0 spiro atoms. The van der Waals surface area contributed by atoms with Crippen LogP contribution in [0, 0.1) is 11.8 Å². The average Bonchev–Trinajstić information content (AvgIpc) is 2.52. The van der Waals surface area contributed by atoms with E-state index in [1.54, 1.807) is 11.9 Å². The van der Waals surface area contributed by atoms with Gasteiger partial charge in [0.15, 0.2) is 5.72 Å². The lowest BCUT2D eigenvalue weighted by atomic mass is 9.61. The third-order valence-corrected chi connectivity index (χ3v) is 5.67. The van der Waals surface area contributed by atoms with E-state index in [2.05, 4.69) is 0 Å². The molecule has 3 aliphatic rings. The Hall–Kier alpha value is -2.04. The number of rotatable bonds is 1. The average molecular weight is 301 g/mol. The lowest BCUT2D eigenvalue weighted by molar-refractivity contribution is -0.204. The van der Waals surface area contributed by atoms with Crippen molar-refractivity contribution < 1.29 is 19.4 Å². The molecule has 2 bridgehead atoms. The Labute approximate surface area is 128 Å². The summed E-state index contributed by atoms with van der Waals surface area (Å²) in [5.41, 5.74) is 0.208. The Balaban J connectivity index is 1.96. The van der Waals surface area contributed by atoms with Crippen molar-refractivity contribution in [1.82, 2.24) is 4.90 Å². The predicted octanol–water partition coefficient (Wildman–Crippen LogP) is 2.22. The summed E-state index contributed by atoms with van der Waals surface area (Å²) in [5.74, 6) is -1.86. The first-order chi connectivity index (χ1) is 10.6. The van der Waals surface area contributed by atoms with Gasteiger partial charge in [0.1, 0.15) is 11.7 Å². The third kappa shape index (κ3) is 1.54. The topological polar surface area (TPSA) is 66.8 Å². The molecular weight excluding hydrogens is 282 g/mol. The Kier molecular flexibility index (Phi) is 2.77. The largest absolute Gasteiger partial charge is 0.481 e. The van der Waals surface area contributed by atoms with Crippen LogP contribution in [0.2, 0.25) is 0 Å². The lowest BCUT2D eigenvalue weighted by Crippen LogP contribution is -2.69. The number of carbonyl (C=O) groups is 2. The molecule has 1 aliphatic carbocycles. The highest BCUT2D eigenvalue weighted by Crippen LogP contribution is 2.58. The van der Waals surface area contributed by atoms with Gasteiger partial charge in [0.2, 0.25) is 5.91 Å². The number of aliphatic carboxylic acids is 1. The number of carbonyl (C=O) groups excluding carboxylic acids is 1. The Morgan fingerprint density at radius 2 is 2.14 bits per heavy atom. The third-order valence-electron chi connectivity index (χ3n) is 5.67. The number of likely N-dealkylation sites (tertiary alicyclic amines) is 1. The predicted molar refractivity (Wildman–Crippen MR) is 78.4 cm³/mol. The van der Waals surface area contributed by atoms with Crippen LogP contribution in [0.4, 0.5) is 0 Å². The van der Waals surface area contributed by atoms with Gasteiger partial charge in [0, 0.05) is 25.3 Å². The smallest absolute Gasteiger partial charge is 0.316 e. The van der Waals surface area contributed by atoms with Crippen LogP contribution in [-0.2, 0) is 9.59 Å². The van der Waals surface area contributed by atoms with Crippen LogP contribution in [0.5, 0.6) is 5.75 Å². The van der Waals surface area contributed by atoms with Crippen molar-refractivity contribution in [2.45, 2.75) is 37.3 Å². The summed E-state index contributed by atoms with van der Waals surface area (Å²) < 4.78 is 6.32. The standard InChI is InChI=1S/C17H19NO4/c1-18-15(19)14(16(20)21)13-10-6-2-3-8-12(10)22-17(18)9-5-4-7-11(13)17/h2-3,6,8,11,13-14H,4-5,7,9H2,1H3,(H,20,21)/t11-,13+,14+,17+/m1/s1. The molecular formula is C17H19NO4. The zero-order valence-corrected chi connectivity index (χ0v) is 12.5. The van der Waals surface area contributed by atoms with Gasteiger partial charge in [-0.1, -0.05) is 24.6 Å². The van der Waals surface area contributed by atoms with E-state index in [1.165, 1.54) is 0 Å². The maximum atomic E-state index is 12.7. The molecule has 0 radical (unpaired) electrons. The molecule has 22 heavy (non-hydrogen) atoms. The summed E-state index contributed by atoms with van der Waals surface area (Å²) in [7, 11) is 1.70. The van der Waals surface area contributed by atoms with Crippen molar-refractivity contribution in [3.8, 4) is 5.75 Å². The van der Waals surface area contributed by atoms with E-state index in [0.717, 1.165) is 37.0 Å². The van der Waals surface area contributed by atoms with Crippen LogP contribution >= 0.6 is 0 Å². The SMILES string of the molecule is CN1C(=O)[C@@H](C(=O)O)[C@H]2c3ccccc3O[C@]13CCCC[C@H]23. The number of nitrogens with zero attached hydrogens (tertiary/aromatic N) is 1. The molecule has 1 aromatic rings. The van der Waals surface area contributed by atoms with Gasteiger partial charge >= 0.3 is 5.97 Å². The van der Waals surface area contributed by atoms with Crippen molar-refractivity contribution in [2.24, 2.45) is 11.8 Å². The minimum atomic E-state index is -1.03. The molecule has 1 N–H and O–H groups in total. The summed E-state index contributed by atoms with van der Waals surface area (Å²) >= 11 is 0. The molecule has 2 aliphatic heterocycles. The van der Waals surface area contributed by atoms with Crippen LogP contribution < -0.4 is 4.74 Å². The fourth-order valence-electron chi connectivity index (χ4n) is 4.70. The minimum absolute atomic E-state index is 0.0555. The number of piperidine rings is 1. The van der Waals surface area contributed by atoms with Gasteiger partial charge in [-0.3, -0.25) is 9.59 Å². The van der Waals surface area contributed by atoms with Gasteiger partial charge in [-0.2, -0.15) is 0 Å². The van der Waals surface area contributed by atoms with E-state index in [0.29, 0.717) is 0 Å².